The minimum absolute atomic E-state index is 0.199. The minimum atomic E-state index is -0.199. The van der Waals surface area contributed by atoms with Crippen molar-refractivity contribution >= 4 is 5.69 Å². The SMILES string of the molecule is CNCc1ccc(N2CCC(C)C(O)C2)c(C)c1. The first kappa shape index (κ1) is 13.4. The van der Waals surface area contributed by atoms with E-state index in [1.54, 1.807) is 0 Å². The van der Waals surface area contributed by atoms with E-state index in [0.717, 1.165) is 26.1 Å². The fraction of sp³-hybridized carbons (Fsp3) is 0.600. The number of nitrogens with zero attached hydrogens (tertiary/aromatic N) is 1. The van der Waals surface area contributed by atoms with Crippen molar-refractivity contribution in [3.8, 4) is 0 Å². The molecule has 100 valence electrons. The van der Waals surface area contributed by atoms with Gasteiger partial charge in [0.2, 0.25) is 0 Å². The summed E-state index contributed by atoms with van der Waals surface area (Å²) >= 11 is 0. The van der Waals surface area contributed by atoms with Crippen molar-refractivity contribution in [2.75, 3.05) is 25.0 Å². The summed E-state index contributed by atoms with van der Waals surface area (Å²) in [6.45, 7) is 6.99. The predicted octanol–water partition coefficient (Wildman–Crippen LogP) is 1.92. The zero-order valence-electron chi connectivity index (χ0n) is 11.6. The molecule has 1 aromatic carbocycles. The molecule has 0 saturated carbocycles. The highest BCUT2D eigenvalue weighted by molar-refractivity contribution is 5.55. The fourth-order valence-corrected chi connectivity index (χ4v) is 2.65. The van der Waals surface area contributed by atoms with Gasteiger partial charge in [0.1, 0.15) is 0 Å². The first-order valence-electron chi connectivity index (χ1n) is 6.79. The number of nitrogens with one attached hydrogen (secondary N) is 1. The van der Waals surface area contributed by atoms with Crippen LogP contribution in [0.5, 0.6) is 0 Å². The number of aryl methyl sites for hydroxylation is 1. The standard InChI is InChI=1S/C15H24N2O/c1-11-6-7-17(10-15(11)18)14-5-4-13(9-16-3)8-12(14)2/h4-5,8,11,15-16,18H,6-7,9-10H2,1-3H3. The van der Waals surface area contributed by atoms with E-state index in [9.17, 15) is 5.11 Å². The highest BCUT2D eigenvalue weighted by atomic mass is 16.3. The number of hydrogen-bond acceptors (Lipinski definition) is 3. The smallest absolute Gasteiger partial charge is 0.0741 e. The Balaban J connectivity index is 2.13. The monoisotopic (exact) mass is 248 g/mol. The van der Waals surface area contributed by atoms with Gasteiger partial charge in [-0.05, 0) is 43.5 Å². The van der Waals surface area contributed by atoms with E-state index in [4.69, 9.17) is 0 Å². The van der Waals surface area contributed by atoms with E-state index >= 15 is 0 Å². The molecule has 1 heterocycles. The number of aliphatic hydroxyl groups excluding tert-OH is 1. The summed E-state index contributed by atoms with van der Waals surface area (Å²) in [4.78, 5) is 2.31. The Bertz CT molecular complexity index is 405. The van der Waals surface area contributed by atoms with Crippen LogP contribution in [0.3, 0.4) is 0 Å². The van der Waals surface area contributed by atoms with Gasteiger partial charge in [0.05, 0.1) is 6.10 Å². The first-order valence-corrected chi connectivity index (χ1v) is 6.79. The van der Waals surface area contributed by atoms with Gasteiger partial charge in [0.25, 0.3) is 0 Å². The van der Waals surface area contributed by atoms with E-state index < -0.39 is 0 Å². The Hall–Kier alpha value is -1.06. The number of aliphatic hydroxyl groups is 1. The van der Waals surface area contributed by atoms with Crippen LogP contribution in [0.15, 0.2) is 18.2 Å². The molecule has 0 radical (unpaired) electrons. The lowest BCUT2D eigenvalue weighted by Crippen LogP contribution is -2.43. The van der Waals surface area contributed by atoms with Crippen LogP contribution in [0.2, 0.25) is 0 Å². The molecule has 18 heavy (non-hydrogen) atoms. The van der Waals surface area contributed by atoms with Gasteiger partial charge >= 0.3 is 0 Å². The maximum atomic E-state index is 9.99. The summed E-state index contributed by atoms with van der Waals surface area (Å²) in [5.74, 6) is 0.421. The molecular weight excluding hydrogens is 224 g/mol. The van der Waals surface area contributed by atoms with Crippen LogP contribution in [-0.4, -0.2) is 31.3 Å². The molecule has 0 amide bonds. The molecule has 3 heteroatoms. The van der Waals surface area contributed by atoms with Crippen LogP contribution in [0, 0.1) is 12.8 Å². The third-order valence-corrected chi connectivity index (χ3v) is 3.90. The lowest BCUT2D eigenvalue weighted by Gasteiger charge is -2.36. The zero-order valence-corrected chi connectivity index (χ0v) is 11.6. The molecule has 0 bridgehead atoms. The average Bonchev–Trinajstić information content (AvgIpc) is 2.34. The van der Waals surface area contributed by atoms with Gasteiger partial charge in [-0.2, -0.15) is 0 Å². The molecule has 0 aromatic heterocycles. The highest BCUT2D eigenvalue weighted by Crippen LogP contribution is 2.26. The number of benzene rings is 1. The second-order valence-electron chi connectivity index (χ2n) is 5.43. The normalized spacial score (nSPS) is 24.3. The summed E-state index contributed by atoms with van der Waals surface area (Å²) in [6, 6.07) is 6.59. The summed E-state index contributed by atoms with van der Waals surface area (Å²) in [5, 5.41) is 13.2. The maximum Gasteiger partial charge on any atom is 0.0741 e. The van der Waals surface area contributed by atoms with Gasteiger partial charge in [-0.3, -0.25) is 0 Å². The van der Waals surface area contributed by atoms with Crippen molar-refractivity contribution in [1.82, 2.24) is 5.32 Å². The van der Waals surface area contributed by atoms with Crippen molar-refractivity contribution in [1.29, 1.82) is 0 Å². The second kappa shape index (κ2) is 5.72. The van der Waals surface area contributed by atoms with Crippen molar-refractivity contribution in [3.05, 3.63) is 29.3 Å². The van der Waals surface area contributed by atoms with Gasteiger partial charge in [-0.25, -0.2) is 0 Å². The van der Waals surface area contributed by atoms with Crippen molar-refractivity contribution in [2.24, 2.45) is 5.92 Å². The molecule has 2 rings (SSSR count). The number of piperidine rings is 1. The molecule has 3 nitrogen and oxygen atoms in total. The van der Waals surface area contributed by atoms with Crippen LogP contribution in [0.25, 0.3) is 0 Å². The third kappa shape index (κ3) is 2.85. The number of hydrogen-bond donors (Lipinski definition) is 2. The van der Waals surface area contributed by atoms with Crippen LogP contribution in [0.1, 0.15) is 24.5 Å². The Morgan fingerprint density at radius 1 is 1.44 bits per heavy atom. The molecule has 2 unspecified atom stereocenters. The largest absolute Gasteiger partial charge is 0.391 e. The van der Waals surface area contributed by atoms with E-state index in [-0.39, 0.29) is 6.10 Å². The van der Waals surface area contributed by atoms with Crippen molar-refractivity contribution < 1.29 is 5.11 Å². The molecule has 2 atom stereocenters. The molecule has 1 aliphatic rings. The van der Waals surface area contributed by atoms with Gasteiger partial charge < -0.3 is 15.3 Å². The van der Waals surface area contributed by atoms with E-state index in [2.05, 4.69) is 42.3 Å². The molecular formula is C15H24N2O. The Morgan fingerprint density at radius 2 is 2.22 bits per heavy atom. The van der Waals surface area contributed by atoms with E-state index in [1.807, 2.05) is 7.05 Å². The fourth-order valence-electron chi connectivity index (χ4n) is 2.65. The van der Waals surface area contributed by atoms with Gasteiger partial charge in [-0.1, -0.05) is 19.1 Å². The van der Waals surface area contributed by atoms with Crippen LogP contribution in [-0.2, 0) is 6.54 Å². The molecule has 1 saturated heterocycles. The number of anilines is 1. The summed E-state index contributed by atoms with van der Waals surface area (Å²) in [7, 11) is 1.96. The van der Waals surface area contributed by atoms with Crippen molar-refractivity contribution in [2.45, 2.75) is 32.9 Å². The second-order valence-corrected chi connectivity index (χ2v) is 5.43. The van der Waals surface area contributed by atoms with Gasteiger partial charge in [-0.15, -0.1) is 0 Å². The Kier molecular flexibility index (Phi) is 4.25. The van der Waals surface area contributed by atoms with Gasteiger partial charge in [0.15, 0.2) is 0 Å². The molecule has 0 spiro atoms. The van der Waals surface area contributed by atoms with Crippen LogP contribution >= 0.6 is 0 Å². The average molecular weight is 248 g/mol. The maximum absolute atomic E-state index is 9.99. The van der Waals surface area contributed by atoms with Crippen LogP contribution in [0.4, 0.5) is 5.69 Å². The van der Waals surface area contributed by atoms with E-state index in [1.165, 1.54) is 16.8 Å². The lowest BCUT2D eigenvalue weighted by molar-refractivity contribution is 0.103. The topological polar surface area (TPSA) is 35.5 Å². The molecule has 1 fully saturated rings. The third-order valence-electron chi connectivity index (χ3n) is 3.90. The highest BCUT2D eigenvalue weighted by Gasteiger charge is 2.24. The zero-order chi connectivity index (χ0) is 13.1. The molecule has 1 aliphatic heterocycles. The van der Waals surface area contributed by atoms with Gasteiger partial charge in [0, 0.05) is 25.3 Å². The summed E-state index contributed by atoms with van der Waals surface area (Å²) in [6.07, 6.45) is 0.869. The van der Waals surface area contributed by atoms with Crippen LogP contribution < -0.4 is 10.2 Å². The molecule has 0 aliphatic carbocycles. The summed E-state index contributed by atoms with van der Waals surface area (Å²) in [5.41, 5.74) is 3.87. The molecule has 1 aromatic rings. The Morgan fingerprint density at radius 3 is 2.83 bits per heavy atom. The predicted molar refractivity (Wildman–Crippen MR) is 75.9 cm³/mol. The minimum Gasteiger partial charge on any atom is -0.391 e. The summed E-state index contributed by atoms with van der Waals surface area (Å²) < 4.78 is 0. The van der Waals surface area contributed by atoms with Crippen molar-refractivity contribution in [3.63, 3.8) is 0 Å². The lowest BCUT2D eigenvalue weighted by atomic mass is 9.95. The quantitative estimate of drug-likeness (QED) is 0.858. The number of β-amino-alcohol motifs (C(OH)–C–C–N with tert-alkyl or cyclic N) is 1. The number of rotatable bonds is 3. The molecule has 2 N–H and O–H groups in total. The first-order chi connectivity index (χ1) is 8.61. The van der Waals surface area contributed by atoms with E-state index in [0.29, 0.717) is 5.92 Å². The Labute approximate surface area is 110 Å².